The highest BCUT2D eigenvalue weighted by Crippen LogP contribution is 2.27. The Bertz CT molecular complexity index is 509. The SMILES string of the molecule is CCC(C(=O)NCC(CC)(CC)C(=O)O)c1ccc(F)cc1. The molecule has 0 saturated heterocycles. The average Bonchev–Trinajstić information content (AvgIpc) is 2.51. The number of carbonyl (C=O) groups excluding carboxylic acids is 1. The van der Waals surface area contributed by atoms with Crippen molar-refractivity contribution in [1.29, 1.82) is 0 Å². The molecule has 2 N–H and O–H groups in total. The van der Waals surface area contributed by atoms with Crippen molar-refractivity contribution < 1.29 is 19.1 Å². The second-order valence-electron chi connectivity index (χ2n) is 5.52. The molecule has 1 amide bonds. The molecule has 0 aliphatic carbocycles. The quantitative estimate of drug-likeness (QED) is 0.774. The summed E-state index contributed by atoms with van der Waals surface area (Å²) in [4.78, 5) is 23.8. The smallest absolute Gasteiger partial charge is 0.311 e. The topological polar surface area (TPSA) is 66.4 Å². The molecule has 0 aliphatic heterocycles. The van der Waals surface area contributed by atoms with E-state index in [4.69, 9.17) is 0 Å². The molecule has 22 heavy (non-hydrogen) atoms. The van der Waals surface area contributed by atoms with Gasteiger partial charge >= 0.3 is 5.97 Å². The number of carbonyl (C=O) groups is 2. The van der Waals surface area contributed by atoms with Crippen molar-refractivity contribution in [2.75, 3.05) is 6.54 Å². The molecule has 0 saturated carbocycles. The fourth-order valence-corrected chi connectivity index (χ4v) is 2.53. The lowest BCUT2D eigenvalue weighted by atomic mass is 9.82. The molecule has 0 fully saturated rings. The van der Waals surface area contributed by atoms with Gasteiger partial charge in [-0.3, -0.25) is 9.59 Å². The summed E-state index contributed by atoms with van der Waals surface area (Å²) in [6, 6.07) is 5.83. The number of carboxylic acids is 1. The van der Waals surface area contributed by atoms with E-state index < -0.39 is 17.3 Å². The van der Waals surface area contributed by atoms with E-state index in [-0.39, 0.29) is 18.3 Å². The van der Waals surface area contributed by atoms with Gasteiger partial charge in [-0.05, 0) is 37.0 Å². The molecule has 4 nitrogen and oxygen atoms in total. The summed E-state index contributed by atoms with van der Waals surface area (Å²) in [6.45, 7) is 5.59. The molecule has 0 aromatic heterocycles. The second-order valence-corrected chi connectivity index (χ2v) is 5.52. The van der Waals surface area contributed by atoms with Crippen LogP contribution in [0.5, 0.6) is 0 Å². The lowest BCUT2D eigenvalue weighted by Crippen LogP contribution is -2.43. The second kappa shape index (κ2) is 7.92. The number of rotatable bonds is 8. The number of hydrogen-bond donors (Lipinski definition) is 2. The summed E-state index contributed by atoms with van der Waals surface area (Å²) >= 11 is 0. The molecule has 0 radical (unpaired) electrons. The summed E-state index contributed by atoms with van der Waals surface area (Å²) in [7, 11) is 0. The predicted octanol–water partition coefficient (Wildman–Crippen LogP) is 3.33. The summed E-state index contributed by atoms with van der Waals surface area (Å²) in [5, 5.41) is 12.1. The van der Waals surface area contributed by atoms with Gasteiger partial charge < -0.3 is 10.4 Å². The Hall–Kier alpha value is -1.91. The highest BCUT2D eigenvalue weighted by atomic mass is 19.1. The van der Waals surface area contributed by atoms with Gasteiger partial charge in [0.15, 0.2) is 0 Å². The molecule has 1 aromatic rings. The maximum absolute atomic E-state index is 13.0. The molecular formula is C17H24FNO3. The van der Waals surface area contributed by atoms with E-state index in [1.807, 2.05) is 6.92 Å². The zero-order valence-corrected chi connectivity index (χ0v) is 13.4. The lowest BCUT2D eigenvalue weighted by molar-refractivity contribution is -0.149. The number of nitrogens with one attached hydrogen (secondary N) is 1. The van der Waals surface area contributed by atoms with Crippen LogP contribution in [0.2, 0.25) is 0 Å². The van der Waals surface area contributed by atoms with Crippen LogP contribution in [0.1, 0.15) is 51.5 Å². The van der Waals surface area contributed by atoms with E-state index in [9.17, 15) is 19.1 Å². The lowest BCUT2D eigenvalue weighted by Gasteiger charge is -2.28. The van der Waals surface area contributed by atoms with Crippen LogP contribution in [-0.2, 0) is 9.59 Å². The summed E-state index contributed by atoms with van der Waals surface area (Å²) in [6.07, 6.45) is 1.47. The molecule has 1 atom stereocenters. The first-order chi connectivity index (χ1) is 10.4. The third-order valence-electron chi connectivity index (χ3n) is 4.41. The van der Waals surface area contributed by atoms with Crippen LogP contribution in [0.3, 0.4) is 0 Å². The van der Waals surface area contributed by atoms with Crippen molar-refractivity contribution in [3.8, 4) is 0 Å². The Kier molecular flexibility index (Phi) is 6.53. The van der Waals surface area contributed by atoms with Crippen LogP contribution in [-0.4, -0.2) is 23.5 Å². The molecule has 0 heterocycles. The van der Waals surface area contributed by atoms with Crippen LogP contribution in [0.25, 0.3) is 0 Å². The van der Waals surface area contributed by atoms with Crippen LogP contribution < -0.4 is 5.32 Å². The third-order valence-corrected chi connectivity index (χ3v) is 4.41. The first kappa shape index (κ1) is 18.1. The number of aliphatic carboxylic acids is 1. The normalized spacial score (nSPS) is 12.7. The maximum Gasteiger partial charge on any atom is 0.311 e. The standard InChI is InChI=1S/C17H24FNO3/c1-4-14(12-7-9-13(18)10-8-12)15(20)19-11-17(5-2,6-3)16(21)22/h7-10,14H,4-6,11H2,1-3H3,(H,19,20)(H,21,22). The maximum atomic E-state index is 13.0. The van der Waals surface area contributed by atoms with Gasteiger partial charge in [-0.1, -0.05) is 32.9 Å². The Morgan fingerprint density at radius 2 is 1.73 bits per heavy atom. The molecule has 0 aliphatic rings. The first-order valence-electron chi connectivity index (χ1n) is 7.66. The highest BCUT2D eigenvalue weighted by molar-refractivity contribution is 5.84. The van der Waals surface area contributed by atoms with E-state index in [0.29, 0.717) is 19.3 Å². The van der Waals surface area contributed by atoms with Crippen LogP contribution >= 0.6 is 0 Å². The van der Waals surface area contributed by atoms with Crippen LogP contribution in [0.4, 0.5) is 4.39 Å². The van der Waals surface area contributed by atoms with Gasteiger partial charge in [-0.25, -0.2) is 4.39 Å². The van der Waals surface area contributed by atoms with E-state index >= 15 is 0 Å². The van der Waals surface area contributed by atoms with Gasteiger partial charge in [0.1, 0.15) is 5.82 Å². The van der Waals surface area contributed by atoms with Gasteiger partial charge in [-0.2, -0.15) is 0 Å². The molecule has 1 aromatic carbocycles. The van der Waals surface area contributed by atoms with Gasteiger partial charge in [0.25, 0.3) is 0 Å². The van der Waals surface area contributed by atoms with Crippen molar-refractivity contribution in [2.45, 2.75) is 46.0 Å². The fourth-order valence-electron chi connectivity index (χ4n) is 2.53. The Morgan fingerprint density at radius 1 is 1.18 bits per heavy atom. The number of benzene rings is 1. The number of hydrogen-bond acceptors (Lipinski definition) is 2. The predicted molar refractivity (Wildman–Crippen MR) is 83.1 cm³/mol. The van der Waals surface area contributed by atoms with Crippen LogP contribution in [0.15, 0.2) is 24.3 Å². The highest BCUT2D eigenvalue weighted by Gasteiger charge is 2.35. The zero-order chi connectivity index (χ0) is 16.8. The molecule has 122 valence electrons. The summed E-state index contributed by atoms with van der Waals surface area (Å²) in [5.41, 5.74) is -0.202. The molecule has 0 bridgehead atoms. The van der Waals surface area contributed by atoms with Crippen molar-refractivity contribution in [1.82, 2.24) is 5.32 Å². The van der Waals surface area contributed by atoms with Crippen molar-refractivity contribution in [3.05, 3.63) is 35.6 Å². The minimum absolute atomic E-state index is 0.103. The van der Waals surface area contributed by atoms with E-state index in [1.54, 1.807) is 26.0 Å². The minimum Gasteiger partial charge on any atom is -0.481 e. The average molecular weight is 309 g/mol. The summed E-state index contributed by atoms with van der Waals surface area (Å²) < 4.78 is 13.0. The molecule has 1 unspecified atom stereocenters. The molecule has 0 spiro atoms. The zero-order valence-electron chi connectivity index (χ0n) is 13.4. The van der Waals surface area contributed by atoms with Crippen molar-refractivity contribution in [2.24, 2.45) is 5.41 Å². The van der Waals surface area contributed by atoms with Crippen molar-refractivity contribution >= 4 is 11.9 Å². The largest absolute Gasteiger partial charge is 0.481 e. The Labute approximate surface area is 130 Å². The number of amides is 1. The monoisotopic (exact) mass is 309 g/mol. The van der Waals surface area contributed by atoms with Gasteiger partial charge in [0.2, 0.25) is 5.91 Å². The van der Waals surface area contributed by atoms with Gasteiger partial charge in [0.05, 0.1) is 11.3 Å². The van der Waals surface area contributed by atoms with Gasteiger partial charge in [-0.15, -0.1) is 0 Å². The van der Waals surface area contributed by atoms with Gasteiger partial charge in [0, 0.05) is 6.54 Å². The summed E-state index contributed by atoms with van der Waals surface area (Å²) in [5.74, 6) is -1.86. The Morgan fingerprint density at radius 3 is 2.14 bits per heavy atom. The first-order valence-corrected chi connectivity index (χ1v) is 7.66. The molecular weight excluding hydrogens is 285 g/mol. The Balaban J connectivity index is 2.81. The third kappa shape index (κ3) is 4.06. The fraction of sp³-hybridized carbons (Fsp3) is 0.529. The van der Waals surface area contributed by atoms with E-state index in [2.05, 4.69) is 5.32 Å². The number of halogens is 1. The minimum atomic E-state index is -0.934. The molecule has 1 rings (SSSR count). The van der Waals surface area contributed by atoms with E-state index in [0.717, 1.165) is 5.56 Å². The molecule has 5 heteroatoms. The van der Waals surface area contributed by atoms with Crippen LogP contribution in [0, 0.1) is 11.2 Å². The van der Waals surface area contributed by atoms with E-state index in [1.165, 1.54) is 12.1 Å². The number of carboxylic acid groups (broad SMARTS) is 1. The van der Waals surface area contributed by atoms with Crippen molar-refractivity contribution in [3.63, 3.8) is 0 Å².